The summed E-state index contributed by atoms with van der Waals surface area (Å²) in [5, 5.41) is 8.64. The van der Waals surface area contributed by atoms with Gasteiger partial charge in [0, 0.05) is 50.7 Å². The Morgan fingerprint density at radius 1 is 1.18 bits per heavy atom. The number of hydrogen-bond donors (Lipinski definition) is 3. The van der Waals surface area contributed by atoms with Gasteiger partial charge < -0.3 is 20.7 Å². The number of nitrogens with one attached hydrogen (secondary N) is 3. The van der Waals surface area contributed by atoms with Crippen LogP contribution < -0.4 is 16.0 Å². The molecule has 0 radical (unpaired) electrons. The number of carbonyl (C=O) groups is 2. The largest absolute Gasteiger partial charge is 0.379 e. The molecule has 3 N–H and O–H groups in total. The number of nitrogens with zero attached hydrogens (tertiary/aromatic N) is 3. The summed E-state index contributed by atoms with van der Waals surface area (Å²) in [6.07, 6.45) is 1.53. The first-order valence-electron chi connectivity index (χ1n) is 9.16. The molecule has 0 atom stereocenters. The van der Waals surface area contributed by atoms with Gasteiger partial charge in [-0.3, -0.25) is 14.5 Å². The molecule has 0 aliphatic carbocycles. The molecular weight excluding hydrogens is 360 g/mol. The predicted octanol–water partition coefficient (Wildman–Crippen LogP) is 1.24. The fourth-order valence-electron chi connectivity index (χ4n) is 2.80. The second-order valence-electron chi connectivity index (χ2n) is 6.36. The van der Waals surface area contributed by atoms with Gasteiger partial charge in [0.15, 0.2) is 0 Å². The number of benzene rings is 1. The number of aromatic nitrogens is 2. The van der Waals surface area contributed by atoms with E-state index in [0.29, 0.717) is 23.9 Å². The molecule has 1 fully saturated rings. The third-order valence-corrected chi connectivity index (χ3v) is 4.14. The third kappa shape index (κ3) is 6.00. The molecule has 1 aliphatic rings. The van der Waals surface area contributed by atoms with Crippen LogP contribution in [0.2, 0.25) is 0 Å². The Hall–Kier alpha value is -3.04. The summed E-state index contributed by atoms with van der Waals surface area (Å²) in [5.74, 6) is -0.0874. The SMILES string of the molecule is CC(=O)Nc1cccc(Nc2nccc(C(=O)NCCN3CCOCC3)n2)c1. The van der Waals surface area contributed by atoms with Crippen molar-refractivity contribution in [2.75, 3.05) is 50.0 Å². The molecule has 0 bridgehead atoms. The number of morpholine rings is 1. The van der Waals surface area contributed by atoms with Gasteiger partial charge in [-0.1, -0.05) is 6.07 Å². The van der Waals surface area contributed by atoms with Crippen LogP contribution in [0, 0.1) is 0 Å². The summed E-state index contributed by atoms with van der Waals surface area (Å²) in [5.41, 5.74) is 1.66. The Balaban J connectivity index is 1.55. The maximum Gasteiger partial charge on any atom is 0.270 e. The van der Waals surface area contributed by atoms with E-state index < -0.39 is 0 Å². The van der Waals surface area contributed by atoms with Crippen LogP contribution in [0.15, 0.2) is 36.5 Å². The summed E-state index contributed by atoms with van der Waals surface area (Å²) in [6, 6.07) is 8.74. The number of carbonyl (C=O) groups excluding carboxylic acids is 2. The molecule has 1 aromatic heterocycles. The van der Waals surface area contributed by atoms with Gasteiger partial charge in [0.05, 0.1) is 13.2 Å². The quantitative estimate of drug-likeness (QED) is 0.659. The number of ether oxygens (including phenoxy) is 1. The zero-order chi connectivity index (χ0) is 19.8. The lowest BCUT2D eigenvalue weighted by molar-refractivity contribution is -0.114. The van der Waals surface area contributed by atoms with Gasteiger partial charge in [-0.2, -0.15) is 0 Å². The van der Waals surface area contributed by atoms with Crippen LogP contribution >= 0.6 is 0 Å². The van der Waals surface area contributed by atoms with E-state index in [1.165, 1.54) is 13.1 Å². The molecule has 0 spiro atoms. The topological polar surface area (TPSA) is 108 Å². The maximum absolute atomic E-state index is 12.3. The second-order valence-corrected chi connectivity index (χ2v) is 6.36. The second kappa shape index (κ2) is 9.77. The average molecular weight is 384 g/mol. The first-order valence-corrected chi connectivity index (χ1v) is 9.16. The number of rotatable bonds is 7. The Labute approximate surface area is 163 Å². The summed E-state index contributed by atoms with van der Waals surface area (Å²) < 4.78 is 5.31. The van der Waals surface area contributed by atoms with Crippen molar-refractivity contribution in [2.24, 2.45) is 0 Å². The molecule has 1 saturated heterocycles. The molecule has 1 aromatic carbocycles. The van der Waals surface area contributed by atoms with Crippen LogP contribution in [0.4, 0.5) is 17.3 Å². The van der Waals surface area contributed by atoms with Gasteiger partial charge in [0.2, 0.25) is 11.9 Å². The Morgan fingerprint density at radius 3 is 2.75 bits per heavy atom. The minimum Gasteiger partial charge on any atom is -0.379 e. The highest BCUT2D eigenvalue weighted by Gasteiger charge is 2.12. The lowest BCUT2D eigenvalue weighted by atomic mass is 10.2. The monoisotopic (exact) mass is 384 g/mol. The predicted molar refractivity (Wildman–Crippen MR) is 106 cm³/mol. The van der Waals surface area contributed by atoms with E-state index in [9.17, 15) is 9.59 Å². The van der Waals surface area contributed by atoms with Crippen molar-refractivity contribution >= 4 is 29.1 Å². The van der Waals surface area contributed by atoms with Gasteiger partial charge in [-0.25, -0.2) is 9.97 Å². The molecule has 0 unspecified atom stereocenters. The van der Waals surface area contributed by atoms with Crippen LogP contribution in [0.25, 0.3) is 0 Å². The molecule has 2 amide bonds. The smallest absolute Gasteiger partial charge is 0.270 e. The van der Waals surface area contributed by atoms with Crippen molar-refractivity contribution in [1.82, 2.24) is 20.2 Å². The fourth-order valence-corrected chi connectivity index (χ4v) is 2.80. The first kappa shape index (κ1) is 19.7. The fraction of sp³-hybridized carbons (Fsp3) is 0.368. The molecule has 2 heterocycles. The van der Waals surface area contributed by atoms with E-state index in [-0.39, 0.29) is 17.5 Å². The number of hydrogen-bond acceptors (Lipinski definition) is 7. The molecule has 28 heavy (non-hydrogen) atoms. The summed E-state index contributed by atoms with van der Waals surface area (Å²) in [4.78, 5) is 34.2. The maximum atomic E-state index is 12.3. The van der Waals surface area contributed by atoms with Crippen molar-refractivity contribution in [1.29, 1.82) is 0 Å². The molecule has 9 nitrogen and oxygen atoms in total. The van der Waals surface area contributed by atoms with Gasteiger partial charge in [-0.15, -0.1) is 0 Å². The number of amides is 2. The highest BCUT2D eigenvalue weighted by molar-refractivity contribution is 5.92. The van der Waals surface area contributed by atoms with E-state index in [0.717, 1.165) is 32.8 Å². The van der Waals surface area contributed by atoms with Gasteiger partial charge in [-0.05, 0) is 24.3 Å². The summed E-state index contributed by atoms with van der Waals surface area (Å²) >= 11 is 0. The molecule has 2 aromatic rings. The number of anilines is 3. The van der Waals surface area contributed by atoms with E-state index in [4.69, 9.17) is 4.74 Å². The van der Waals surface area contributed by atoms with Crippen LogP contribution in [0.3, 0.4) is 0 Å². The lowest BCUT2D eigenvalue weighted by Crippen LogP contribution is -2.41. The normalized spacial score (nSPS) is 14.3. The van der Waals surface area contributed by atoms with Crippen molar-refractivity contribution in [3.8, 4) is 0 Å². The van der Waals surface area contributed by atoms with Crippen LogP contribution in [0.1, 0.15) is 17.4 Å². The molecule has 3 rings (SSSR count). The van der Waals surface area contributed by atoms with Crippen molar-refractivity contribution in [2.45, 2.75) is 6.92 Å². The molecule has 148 valence electrons. The molecule has 1 aliphatic heterocycles. The van der Waals surface area contributed by atoms with Crippen LogP contribution in [-0.4, -0.2) is 66.1 Å². The molecule has 9 heteroatoms. The zero-order valence-corrected chi connectivity index (χ0v) is 15.8. The Morgan fingerprint density at radius 2 is 1.96 bits per heavy atom. The summed E-state index contributed by atoms with van der Waals surface area (Å²) in [6.45, 7) is 6.01. The van der Waals surface area contributed by atoms with Crippen LogP contribution in [-0.2, 0) is 9.53 Å². The van der Waals surface area contributed by atoms with Gasteiger partial charge >= 0.3 is 0 Å². The molecular formula is C19H24N6O3. The highest BCUT2D eigenvalue weighted by atomic mass is 16.5. The van der Waals surface area contributed by atoms with Crippen molar-refractivity contribution in [3.05, 3.63) is 42.2 Å². The van der Waals surface area contributed by atoms with E-state index in [1.807, 2.05) is 6.07 Å². The standard InChI is InChI=1S/C19H24N6O3/c1-14(26)22-15-3-2-4-16(13-15)23-19-21-6-5-17(24-19)18(27)20-7-8-25-9-11-28-12-10-25/h2-6,13H,7-12H2,1H3,(H,20,27)(H,22,26)(H,21,23,24). The van der Waals surface area contributed by atoms with Crippen molar-refractivity contribution in [3.63, 3.8) is 0 Å². The third-order valence-electron chi connectivity index (χ3n) is 4.14. The highest BCUT2D eigenvalue weighted by Crippen LogP contribution is 2.18. The zero-order valence-electron chi connectivity index (χ0n) is 15.8. The van der Waals surface area contributed by atoms with Gasteiger partial charge in [0.1, 0.15) is 5.69 Å². The minimum atomic E-state index is -0.245. The molecule has 0 saturated carbocycles. The van der Waals surface area contributed by atoms with E-state index in [1.54, 1.807) is 24.3 Å². The minimum absolute atomic E-state index is 0.149. The first-order chi connectivity index (χ1) is 13.6. The van der Waals surface area contributed by atoms with E-state index in [2.05, 4.69) is 30.8 Å². The Kier molecular flexibility index (Phi) is 6.88. The lowest BCUT2D eigenvalue weighted by Gasteiger charge is -2.26. The van der Waals surface area contributed by atoms with Gasteiger partial charge in [0.25, 0.3) is 5.91 Å². The Bertz CT molecular complexity index is 823. The van der Waals surface area contributed by atoms with Crippen LogP contribution in [0.5, 0.6) is 0 Å². The summed E-state index contributed by atoms with van der Waals surface area (Å²) in [7, 11) is 0. The van der Waals surface area contributed by atoms with Crippen molar-refractivity contribution < 1.29 is 14.3 Å². The average Bonchev–Trinajstić information content (AvgIpc) is 2.69. The van der Waals surface area contributed by atoms with E-state index >= 15 is 0 Å².